The molecular formula is C16H28N2O2. The van der Waals surface area contributed by atoms with Gasteiger partial charge in [-0.3, -0.25) is 4.79 Å². The van der Waals surface area contributed by atoms with Crippen LogP contribution in [0.2, 0.25) is 0 Å². The van der Waals surface area contributed by atoms with Crippen LogP contribution in [-0.2, 0) is 4.79 Å². The van der Waals surface area contributed by atoms with E-state index < -0.39 is 0 Å². The van der Waals surface area contributed by atoms with Crippen molar-refractivity contribution in [2.45, 2.75) is 88.4 Å². The second-order valence-electron chi connectivity index (χ2n) is 7.06. The molecule has 2 bridgehead atoms. The van der Waals surface area contributed by atoms with Crippen molar-refractivity contribution in [3.63, 3.8) is 0 Å². The van der Waals surface area contributed by atoms with E-state index in [1.165, 1.54) is 19.3 Å². The molecule has 3 aliphatic rings. The van der Waals surface area contributed by atoms with E-state index in [2.05, 4.69) is 10.6 Å². The number of aliphatic hydroxyl groups is 1. The molecule has 4 heteroatoms. The van der Waals surface area contributed by atoms with Gasteiger partial charge in [0.25, 0.3) is 0 Å². The van der Waals surface area contributed by atoms with Crippen molar-refractivity contribution in [3.05, 3.63) is 0 Å². The van der Waals surface area contributed by atoms with E-state index in [0.717, 1.165) is 38.5 Å². The highest BCUT2D eigenvalue weighted by Gasteiger charge is 2.34. The minimum atomic E-state index is -0.342. The number of nitrogens with one attached hydrogen (secondary N) is 2. The average molecular weight is 280 g/mol. The molecule has 20 heavy (non-hydrogen) atoms. The van der Waals surface area contributed by atoms with Gasteiger partial charge in [-0.1, -0.05) is 19.3 Å². The van der Waals surface area contributed by atoms with E-state index in [1.54, 1.807) is 0 Å². The Hall–Kier alpha value is -0.610. The Morgan fingerprint density at radius 2 is 1.75 bits per heavy atom. The van der Waals surface area contributed by atoms with Gasteiger partial charge in [-0.15, -0.1) is 0 Å². The van der Waals surface area contributed by atoms with E-state index >= 15 is 0 Å². The maximum atomic E-state index is 12.2. The molecule has 4 atom stereocenters. The third-order valence-corrected chi connectivity index (χ3v) is 5.37. The molecule has 0 aromatic heterocycles. The van der Waals surface area contributed by atoms with Gasteiger partial charge < -0.3 is 15.7 Å². The van der Waals surface area contributed by atoms with Crippen LogP contribution in [0, 0.1) is 5.92 Å². The number of fused-ring (bicyclic) bond motifs is 2. The van der Waals surface area contributed by atoms with E-state index in [1.807, 2.05) is 0 Å². The summed E-state index contributed by atoms with van der Waals surface area (Å²) in [6, 6.07) is 1.29. The van der Waals surface area contributed by atoms with Crippen molar-refractivity contribution in [3.8, 4) is 0 Å². The van der Waals surface area contributed by atoms with Crippen LogP contribution >= 0.6 is 0 Å². The van der Waals surface area contributed by atoms with Crippen LogP contribution in [0.25, 0.3) is 0 Å². The van der Waals surface area contributed by atoms with Gasteiger partial charge in [0.1, 0.15) is 0 Å². The molecule has 1 saturated carbocycles. The quantitative estimate of drug-likeness (QED) is 0.690. The Labute approximate surface area is 121 Å². The molecule has 114 valence electrons. The lowest BCUT2D eigenvalue weighted by Crippen LogP contribution is -2.44. The van der Waals surface area contributed by atoms with E-state index in [-0.39, 0.29) is 18.1 Å². The zero-order valence-corrected chi connectivity index (χ0v) is 12.3. The van der Waals surface area contributed by atoms with Crippen molar-refractivity contribution >= 4 is 5.91 Å². The topological polar surface area (TPSA) is 61.4 Å². The van der Waals surface area contributed by atoms with E-state index in [0.29, 0.717) is 24.4 Å². The number of aliphatic hydroxyl groups excluding tert-OH is 1. The first-order chi connectivity index (χ1) is 9.70. The molecule has 3 rings (SSSR count). The van der Waals surface area contributed by atoms with Crippen molar-refractivity contribution in [1.82, 2.24) is 10.6 Å². The molecule has 4 unspecified atom stereocenters. The number of hydrogen-bond acceptors (Lipinski definition) is 3. The van der Waals surface area contributed by atoms with Crippen molar-refractivity contribution in [2.24, 2.45) is 5.92 Å². The highest BCUT2D eigenvalue weighted by atomic mass is 16.3. The number of carbonyl (C=O) groups excluding carboxylic acids is 1. The summed E-state index contributed by atoms with van der Waals surface area (Å²) in [7, 11) is 0. The second kappa shape index (κ2) is 6.44. The average Bonchev–Trinajstić information content (AvgIpc) is 2.62. The maximum Gasteiger partial charge on any atom is 0.220 e. The van der Waals surface area contributed by atoms with Gasteiger partial charge in [0.15, 0.2) is 0 Å². The fourth-order valence-corrected chi connectivity index (χ4v) is 4.33. The Balaban J connectivity index is 1.46. The summed E-state index contributed by atoms with van der Waals surface area (Å²) < 4.78 is 0. The molecule has 2 heterocycles. The SMILES string of the molecule is O=C(CC1CC2CCC(C1)N2)NC1CCCCCC1O. The molecule has 3 fully saturated rings. The lowest BCUT2D eigenvalue weighted by Gasteiger charge is -2.29. The molecule has 0 aromatic carbocycles. The first kappa shape index (κ1) is 14.3. The molecule has 4 nitrogen and oxygen atoms in total. The second-order valence-corrected chi connectivity index (χ2v) is 7.06. The molecular weight excluding hydrogens is 252 g/mol. The first-order valence-corrected chi connectivity index (χ1v) is 8.44. The molecule has 3 N–H and O–H groups in total. The predicted octanol–water partition coefficient (Wildman–Crippen LogP) is 1.72. The summed E-state index contributed by atoms with van der Waals surface area (Å²) in [6.45, 7) is 0. The fourth-order valence-electron chi connectivity index (χ4n) is 4.33. The normalized spacial score (nSPS) is 41.1. The zero-order valence-electron chi connectivity index (χ0n) is 12.3. The molecule has 1 amide bonds. The van der Waals surface area contributed by atoms with Crippen LogP contribution < -0.4 is 10.6 Å². The third-order valence-electron chi connectivity index (χ3n) is 5.37. The highest BCUT2D eigenvalue weighted by molar-refractivity contribution is 5.76. The number of rotatable bonds is 3. The molecule has 0 aromatic rings. The van der Waals surface area contributed by atoms with Crippen LogP contribution in [0.5, 0.6) is 0 Å². The fraction of sp³-hybridized carbons (Fsp3) is 0.938. The minimum absolute atomic E-state index is 0.0107. The van der Waals surface area contributed by atoms with Crippen molar-refractivity contribution in [2.75, 3.05) is 0 Å². The van der Waals surface area contributed by atoms with Gasteiger partial charge in [-0.25, -0.2) is 0 Å². The van der Waals surface area contributed by atoms with Crippen molar-refractivity contribution in [1.29, 1.82) is 0 Å². The number of amides is 1. The first-order valence-electron chi connectivity index (χ1n) is 8.44. The predicted molar refractivity (Wildman–Crippen MR) is 78.3 cm³/mol. The molecule has 0 radical (unpaired) electrons. The number of hydrogen-bond donors (Lipinski definition) is 3. The van der Waals surface area contributed by atoms with Crippen molar-refractivity contribution < 1.29 is 9.90 Å². The summed E-state index contributed by atoms with van der Waals surface area (Å²) in [6.07, 6.45) is 10.3. The highest BCUT2D eigenvalue weighted by Crippen LogP contribution is 2.32. The monoisotopic (exact) mass is 280 g/mol. The van der Waals surface area contributed by atoms with Crippen LogP contribution in [-0.4, -0.2) is 35.2 Å². The Bertz CT molecular complexity index is 335. The zero-order chi connectivity index (χ0) is 13.9. The largest absolute Gasteiger partial charge is 0.391 e. The standard InChI is InChI=1S/C16H28N2O2/c19-15-5-3-1-2-4-14(15)18-16(20)10-11-8-12-6-7-13(9-11)17-12/h11-15,17,19H,1-10H2,(H,18,20). The lowest BCUT2D eigenvalue weighted by molar-refractivity contribution is -0.123. The molecule has 2 aliphatic heterocycles. The van der Waals surface area contributed by atoms with Crippen LogP contribution in [0.4, 0.5) is 0 Å². The van der Waals surface area contributed by atoms with Gasteiger partial charge in [0, 0.05) is 18.5 Å². The van der Waals surface area contributed by atoms with E-state index in [4.69, 9.17) is 0 Å². The van der Waals surface area contributed by atoms with Crippen LogP contribution in [0.15, 0.2) is 0 Å². The summed E-state index contributed by atoms with van der Waals surface area (Å²) in [4.78, 5) is 12.2. The summed E-state index contributed by atoms with van der Waals surface area (Å²) >= 11 is 0. The number of piperidine rings is 1. The molecule has 1 aliphatic carbocycles. The minimum Gasteiger partial charge on any atom is -0.391 e. The Morgan fingerprint density at radius 3 is 2.50 bits per heavy atom. The maximum absolute atomic E-state index is 12.2. The van der Waals surface area contributed by atoms with Gasteiger partial charge in [-0.05, 0) is 44.4 Å². The summed E-state index contributed by atoms with van der Waals surface area (Å²) in [5, 5.41) is 16.8. The summed E-state index contributed by atoms with van der Waals surface area (Å²) in [5.74, 6) is 0.693. The Kier molecular flexibility index (Phi) is 4.61. The number of carbonyl (C=O) groups is 1. The smallest absolute Gasteiger partial charge is 0.220 e. The van der Waals surface area contributed by atoms with Gasteiger partial charge in [-0.2, -0.15) is 0 Å². The third kappa shape index (κ3) is 3.53. The summed E-state index contributed by atoms with van der Waals surface area (Å²) in [5.41, 5.74) is 0. The van der Waals surface area contributed by atoms with Crippen LogP contribution in [0.3, 0.4) is 0 Å². The van der Waals surface area contributed by atoms with Gasteiger partial charge >= 0.3 is 0 Å². The molecule has 0 spiro atoms. The van der Waals surface area contributed by atoms with Gasteiger partial charge in [0.2, 0.25) is 5.91 Å². The van der Waals surface area contributed by atoms with Gasteiger partial charge in [0.05, 0.1) is 12.1 Å². The van der Waals surface area contributed by atoms with E-state index in [9.17, 15) is 9.90 Å². The molecule has 2 saturated heterocycles. The lowest BCUT2D eigenvalue weighted by atomic mass is 9.89. The van der Waals surface area contributed by atoms with Crippen LogP contribution in [0.1, 0.15) is 64.2 Å². The Morgan fingerprint density at radius 1 is 1.05 bits per heavy atom.